The Hall–Kier alpha value is -0.720. The van der Waals surface area contributed by atoms with Crippen molar-refractivity contribution >= 4 is 27.5 Å². The topological polar surface area (TPSA) is 63.4 Å². The van der Waals surface area contributed by atoms with E-state index in [0.717, 1.165) is 17.7 Å². The molecule has 1 aromatic rings. The molecule has 0 amide bonds. The van der Waals surface area contributed by atoms with Crippen LogP contribution >= 0.6 is 11.8 Å². The second-order valence-corrected chi connectivity index (χ2v) is 9.05. The van der Waals surface area contributed by atoms with Crippen LogP contribution in [0.2, 0.25) is 0 Å². The fraction of sp³-hybridized carbons (Fsp3) is 0.600. The molecule has 2 N–H and O–H groups in total. The molecule has 0 saturated carbocycles. The number of nitrogens with zero attached hydrogens (tertiary/aromatic N) is 1. The quantitative estimate of drug-likeness (QED) is 0.667. The van der Waals surface area contributed by atoms with E-state index < -0.39 is 10.0 Å². The molecule has 0 bridgehead atoms. The Kier molecular flexibility index (Phi) is 5.57. The zero-order chi connectivity index (χ0) is 15.5. The first-order valence-electron chi connectivity index (χ1n) is 7.36. The van der Waals surface area contributed by atoms with Gasteiger partial charge >= 0.3 is 0 Å². The molecule has 1 aliphatic heterocycles. The van der Waals surface area contributed by atoms with Crippen LogP contribution in [0.3, 0.4) is 0 Å². The highest BCUT2D eigenvalue weighted by Gasteiger charge is 2.31. The number of nitrogens with two attached hydrogens (primary N) is 1. The fourth-order valence-electron chi connectivity index (χ4n) is 2.62. The van der Waals surface area contributed by atoms with Crippen molar-refractivity contribution in [3.8, 4) is 0 Å². The van der Waals surface area contributed by atoms with Gasteiger partial charge in [0.15, 0.2) is 0 Å². The lowest BCUT2D eigenvalue weighted by molar-refractivity contribution is 0.218. The molecular weight excluding hydrogens is 304 g/mol. The molecule has 2 unspecified atom stereocenters. The second-order valence-electron chi connectivity index (χ2n) is 5.84. The van der Waals surface area contributed by atoms with Crippen molar-refractivity contribution in [2.24, 2.45) is 5.92 Å². The van der Waals surface area contributed by atoms with Gasteiger partial charge in [-0.15, -0.1) is 11.8 Å². The molecule has 2 rings (SSSR count). The number of benzene rings is 1. The van der Waals surface area contributed by atoms with Crippen molar-refractivity contribution in [1.29, 1.82) is 0 Å². The molecule has 6 heteroatoms. The van der Waals surface area contributed by atoms with Gasteiger partial charge in [0.2, 0.25) is 10.0 Å². The van der Waals surface area contributed by atoms with E-state index in [1.807, 2.05) is 31.2 Å². The third-order valence-electron chi connectivity index (χ3n) is 3.89. The Labute approximate surface area is 132 Å². The fourth-order valence-corrected chi connectivity index (χ4v) is 5.80. The van der Waals surface area contributed by atoms with E-state index in [0.29, 0.717) is 23.9 Å². The lowest BCUT2D eigenvalue weighted by atomic mass is 9.97. The summed E-state index contributed by atoms with van der Waals surface area (Å²) in [4.78, 5) is 1.02. The molecule has 0 aromatic heterocycles. The van der Waals surface area contributed by atoms with Crippen molar-refractivity contribution in [2.75, 3.05) is 23.8 Å². The first kappa shape index (κ1) is 16.6. The van der Waals surface area contributed by atoms with Crippen molar-refractivity contribution in [3.05, 3.63) is 24.3 Å². The predicted octanol–water partition coefficient (Wildman–Crippen LogP) is 2.81. The predicted molar refractivity (Wildman–Crippen MR) is 89.9 cm³/mol. The molecule has 4 nitrogen and oxygen atoms in total. The van der Waals surface area contributed by atoms with Crippen molar-refractivity contribution in [2.45, 2.75) is 37.6 Å². The Morgan fingerprint density at radius 2 is 2.10 bits per heavy atom. The average molecular weight is 329 g/mol. The van der Waals surface area contributed by atoms with Crippen molar-refractivity contribution < 1.29 is 8.42 Å². The third-order valence-corrected chi connectivity index (χ3v) is 7.08. The lowest BCUT2D eigenvalue weighted by Gasteiger charge is -2.35. The maximum atomic E-state index is 12.5. The Bertz CT molecular complexity index is 575. The smallest absolute Gasteiger partial charge is 0.215 e. The summed E-state index contributed by atoms with van der Waals surface area (Å²) < 4.78 is 26.7. The highest BCUT2D eigenvalue weighted by molar-refractivity contribution is 8.00. The summed E-state index contributed by atoms with van der Waals surface area (Å²) in [7, 11) is -3.16. The van der Waals surface area contributed by atoms with E-state index in [1.165, 1.54) is 0 Å². The third kappa shape index (κ3) is 4.63. The SMILES string of the molecule is CC1CCC(C)N(S(=O)(=O)CCSc2cccc(N)c2)C1. The van der Waals surface area contributed by atoms with E-state index >= 15 is 0 Å². The van der Waals surface area contributed by atoms with Gasteiger partial charge in [-0.3, -0.25) is 0 Å². The minimum absolute atomic E-state index is 0.128. The van der Waals surface area contributed by atoms with E-state index in [-0.39, 0.29) is 11.8 Å². The summed E-state index contributed by atoms with van der Waals surface area (Å²) in [6.45, 7) is 4.79. The molecule has 118 valence electrons. The molecule has 1 heterocycles. The van der Waals surface area contributed by atoms with Crippen LogP contribution < -0.4 is 5.73 Å². The maximum Gasteiger partial charge on any atom is 0.215 e. The van der Waals surface area contributed by atoms with Crippen LogP contribution in [0.4, 0.5) is 5.69 Å². The zero-order valence-corrected chi connectivity index (χ0v) is 14.3. The number of sulfonamides is 1. The first-order chi connectivity index (χ1) is 9.88. The van der Waals surface area contributed by atoms with E-state index in [4.69, 9.17) is 5.73 Å². The second kappa shape index (κ2) is 7.03. The van der Waals surface area contributed by atoms with Gasteiger partial charge in [0.25, 0.3) is 0 Å². The Morgan fingerprint density at radius 1 is 1.33 bits per heavy atom. The van der Waals surface area contributed by atoms with Crippen LogP contribution in [0, 0.1) is 5.92 Å². The van der Waals surface area contributed by atoms with Crippen molar-refractivity contribution in [1.82, 2.24) is 4.31 Å². The molecule has 0 radical (unpaired) electrons. The van der Waals surface area contributed by atoms with Gasteiger partial charge in [-0.25, -0.2) is 8.42 Å². The Balaban J connectivity index is 1.92. The van der Waals surface area contributed by atoms with Crippen LogP contribution in [-0.2, 0) is 10.0 Å². The number of thioether (sulfide) groups is 1. The minimum Gasteiger partial charge on any atom is -0.399 e. The highest BCUT2D eigenvalue weighted by atomic mass is 32.2. The molecule has 0 spiro atoms. The summed E-state index contributed by atoms with van der Waals surface area (Å²) in [5.74, 6) is 1.20. The number of hydrogen-bond acceptors (Lipinski definition) is 4. The molecule has 1 aliphatic rings. The van der Waals surface area contributed by atoms with Gasteiger partial charge in [-0.05, 0) is 43.9 Å². The van der Waals surface area contributed by atoms with Crippen LogP contribution in [0.25, 0.3) is 0 Å². The van der Waals surface area contributed by atoms with Crippen molar-refractivity contribution in [3.63, 3.8) is 0 Å². The summed E-state index contributed by atoms with van der Waals surface area (Å²) in [6, 6.07) is 7.68. The minimum atomic E-state index is -3.16. The normalized spacial score (nSPS) is 24.1. The van der Waals surface area contributed by atoms with Crippen LogP contribution in [0.5, 0.6) is 0 Å². The number of nitrogen functional groups attached to an aromatic ring is 1. The Morgan fingerprint density at radius 3 is 2.81 bits per heavy atom. The van der Waals surface area contributed by atoms with Crippen LogP contribution in [0.1, 0.15) is 26.7 Å². The average Bonchev–Trinajstić information content (AvgIpc) is 2.41. The summed E-state index contributed by atoms with van der Waals surface area (Å²) in [5, 5.41) is 0. The monoisotopic (exact) mass is 328 g/mol. The highest BCUT2D eigenvalue weighted by Crippen LogP contribution is 2.26. The van der Waals surface area contributed by atoms with Gasteiger partial charge in [0.1, 0.15) is 0 Å². The van der Waals surface area contributed by atoms with Gasteiger partial charge in [0.05, 0.1) is 5.75 Å². The van der Waals surface area contributed by atoms with Gasteiger partial charge in [-0.1, -0.05) is 13.0 Å². The molecule has 1 fully saturated rings. The molecular formula is C15H24N2O2S2. The van der Waals surface area contributed by atoms with Gasteiger partial charge in [0, 0.05) is 28.9 Å². The summed E-state index contributed by atoms with van der Waals surface area (Å²) in [6.07, 6.45) is 2.08. The number of anilines is 1. The van der Waals surface area contributed by atoms with Gasteiger partial charge in [-0.2, -0.15) is 4.31 Å². The zero-order valence-electron chi connectivity index (χ0n) is 12.7. The molecule has 21 heavy (non-hydrogen) atoms. The first-order valence-corrected chi connectivity index (χ1v) is 9.96. The van der Waals surface area contributed by atoms with E-state index in [9.17, 15) is 8.42 Å². The largest absolute Gasteiger partial charge is 0.399 e. The lowest BCUT2D eigenvalue weighted by Crippen LogP contribution is -2.46. The van der Waals surface area contributed by atoms with Gasteiger partial charge < -0.3 is 5.73 Å². The van der Waals surface area contributed by atoms with Crippen LogP contribution in [0.15, 0.2) is 29.2 Å². The van der Waals surface area contributed by atoms with E-state index in [2.05, 4.69) is 6.92 Å². The molecule has 1 saturated heterocycles. The summed E-state index contributed by atoms with van der Waals surface area (Å²) in [5.41, 5.74) is 6.44. The maximum absolute atomic E-state index is 12.5. The molecule has 1 aromatic carbocycles. The molecule has 0 aliphatic carbocycles. The number of piperidine rings is 1. The van der Waals surface area contributed by atoms with Crippen LogP contribution in [-0.4, -0.2) is 36.8 Å². The summed E-state index contributed by atoms with van der Waals surface area (Å²) >= 11 is 1.54. The molecule has 2 atom stereocenters. The number of rotatable bonds is 5. The standard InChI is InChI=1S/C15H24N2O2S2/c1-12-6-7-13(2)17(11-12)21(18,19)9-8-20-15-5-3-4-14(16)10-15/h3-5,10,12-13H,6-9,11,16H2,1-2H3. The van der Waals surface area contributed by atoms with E-state index in [1.54, 1.807) is 16.1 Å². The number of hydrogen-bond donors (Lipinski definition) is 1.